The van der Waals surface area contributed by atoms with Crippen LogP contribution in [0, 0.1) is 0 Å². The van der Waals surface area contributed by atoms with E-state index < -0.39 is 0 Å². The molecule has 0 aliphatic rings. The number of rotatable bonds is 11. The van der Waals surface area contributed by atoms with Crippen molar-refractivity contribution in [3.8, 4) is 28.5 Å². The van der Waals surface area contributed by atoms with Crippen molar-refractivity contribution in [2.45, 2.75) is 4.90 Å². The molecule has 37 heavy (non-hydrogen) atoms. The molecular weight excluding hydrogens is 510 g/mol. The van der Waals surface area contributed by atoms with E-state index in [1.54, 1.807) is 32.4 Å². The fourth-order valence-corrected chi connectivity index (χ4v) is 4.78. The van der Waals surface area contributed by atoms with Gasteiger partial charge in [0.25, 0.3) is 5.91 Å². The first-order valence-electron chi connectivity index (χ1n) is 11.2. The highest BCUT2D eigenvalue weighted by atomic mass is 32.2. The van der Waals surface area contributed by atoms with E-state index in [1.165, 1.54) is 23.1 Å². The van der Waals surface area contributed by atoms with E-state index in [0.29, 0.717) is 28.1 Å². The minimum absolute atomic E-state index is 0.0943. The smallest absolute Gasteiger partial charge is 0.262 e. The third kappa shape index (κ3) is 7.48. The molecule has 0 fully saturated rings. The van der Waals surface area contributed by atoms with Gasteiger partial charge in [0.15, 0.2) is 23.2 Å². The van der Waals surface area contributed by atoms with Gasteiger partial charge in [-0.1, -0.05) is 24.3 Å². The van der Waals surface area contributed by atoms with E-state index in [4.69, 9.17) is 14.2 Å². The van der Waals surface area contributed by atoms with Crippen molar-refractivity contribution in [2.24, 2.45) is 0 Å². The lowest BCUT2D eigenvalue weighted by molar-refractivity contribution is -0.118. The number of nitrogens with one attached hydrogen (secondary N) is 2. The Morgan fingerprint density at radius 1 is 0.892 bits per heavy atom. The molecule has 0 radical (unpaired) electrons. The van der Waals surface area contributed by atoms with Gasteiger partial charge >= 0.3 is 0 Å². The molecule has 4 rings (SSSR count). The van der Waals surface area contributed by atoms with Crippen molar-refractivity contribution in [3.63, 3.8) is 0 Å². The number of carbonyl (C=O) groups is 2. The maximum atomic E-state index is 12.5. The van der Waals surface area contributed by atoms with Crippen molar-refractivity contribution in [2.75, 3.05) is 37.2 Å². The van der Waals surface area contributed by atoms with Crippen molar-refractivity contribution < 1.29 is 23.8 Å². The van der Waals surface area contributed by atoms with Crippen LogP contribution in [0.3, 0.4) is 0 Å². The Kier molecular flexibility index (Phi) is 9.01. The molecule has 0 bridgehead atoms. The Morgan fingerprint density at radius 3 is 2.49 bits per heavy atom. The van der Waals surface area contributed by atoms with Gasteiger partial charge in [-0.05, 0) is 48.5 Å². The molecule has 4 aromatic rings. The van der Waals surface area contributed by atoms with Gasteiger partial charge in [0.05, 0.1) is 25.7 Å². The molecular formula is C27H25N3O5S2. The van der Waals surface area contributed by atoms with Crippen molar-refractivity contribution in [1.82, 2.24) is 4.98 Å². The summed E-state index contributed by atoms with van der Waals surface area (Å²) in [5.41, 5.74) is 2.22. The minimum atomic E-state index is -0.266. The standard InChI is InChI=1S/C27H25N3O5S2/c1-33-23-12-11-18(13-24(23)34-2)22-16-37-27(29-22)30-26(32)17-36-21-10-6-7-19(14-21)28-25(31)15-35-20-8-4-3-5-9-20/h3-14,16H,15,17H2,1-2H3,(H,28,31)(H,29,30,32). The van der Waals surface area contributed by atoms with Gasteiger partial charge in [0.1, 0.15) is 5.75 Å². The average Bonchev–Trinajstić information content (AvgIpc) is 3.39. The number of nitrogens with zero attached hydrogens (tertiary/aromatic N) is 1. The van der Waals surface area contributed by atoms with Crippen LogP contribution in [0.4, 0.5) is 10.8 Å². The number of benzene rings is 3. The normalized spacial score (nSPS) is 10.4. The van der Waals surface area contributed by atoms with Crippen molar-refractivity contribution in [3.05, 3.63) is 78.2 Å². The first-order valence-corrected chi connectivity index (χ1v) is 13.1. The Balaban J connectivity index is 1.27. The Morgan fingerprint density at radius 2 is 1.70 bits per heavy atom. The number of anilines is 2. The predicted octanol–water partition coefficient (Wildman–Crippen LogP) is 5.58. The van der Waals surface area contributed by atoms with E-state index in [9.17, 15) is 9.59 Å². The molecule has 3 aromatic carbocycles. The van der Waals surface area contributed by atoms with Crippen LogP contribution < -0.4 is 24.8 Å². The highest BCUT2D eigenvalue weighted by Crippen LogP contribution is 2.33. The second-order valence-corrected chi connectivity index (χ2v) is 9.53. The van der Waals surface area contributed by atoms with Crippen LogP contribution in [-0.4, -0.2) is 43.4 Å². The van der Waals surface area contributed by atoms with Gasteiger partial charge in [-0.3, -0.25) is 9.59 Å². The molecule has 1 heterocycles. The molecule has 2 N–H and O–H groups in total. The summed E-state index contributed by atoms with van der Waals surface area (Å²) in [5, 5.41) is 8.03. The zero-order chi connectivity index (χ0) is 26.0. The Hall–Kier alpha value is -4.02. The minimum Gasteiger partial charge on any atom is -0.493 e. The predicted molar refractivity (Wildman–Crippen MR) is 147 cm³/mol. The summed E-state index contributed by atoms with van der Waals surface area (Å²) >= 11 is 2.71. The number of hydrogen-bond donors (Lipinski definition) is 2. The molecule has 0 saturated carbocycles. The van der Waals surface area contributed by atoms with Crippen molar-refractivity contribution >= 4 is 45.7 Å². The lowest BCUT2D eigenvalue weighted by Crippen LogP contribution is -2.20. The molecule has 0 saturated heterocycles. The van der Waals surface area contributed by atoms with E-state index in [1.807, 2.05) is 60.0 Å². The summed E-state index contributed by atoms with van der Waals surface area (Å²) in [7, 11) is 3.16. The van der Waals surface area contributed by atoms with Gasteiger partial charge < -0.3 is 24.8 Å². The molecule has 0 atom stereocenters. The molecule has 0 aliphatic heterocycles. The molecule has 0 aliphatic carbocycles. The Bertz CT molecular complexity index is 1360. The number of thioether (sulfide) groups is 1. The SMILES string of the molecule is COc1ccc(-c2csc(NC(=O)CSc3cccc(NC(=O)COc4ccccc4)c3)n2)cc1OC. The molecule has 2 amide bonds. The number of methoxy groups -OCH3 is 2. The second kappa shape index (κ2) is 12.8. The lowest BCUT2D eigenvalue weighted by atomic mass is 10.1. The number of ether oxygens (including phenoxy) is 3. The molecule has 8 nitrogen and oxygen atoms in total. The molecule has 190 valence electrons. The third-order valence-corrected chi connectivity index (χ3v) is 6.78. The number of hydrogen-bond acceptors (Lipinski definition) is 8. The topological polar surface area (TPSA) is 98.8 Å². The highest BCUT2D eigenvalue weighted by Gasteiger charge is 2.12. The number of para-hydroxylation sites is 1. The van der Waals surface area contributed by atoms with Gasteiger partial charge in [0, 0.05) is 21.5 Å². The summed E-state index contributed by atoms with van der Waals surface area (Å²) in [6, 6.07) is 22.0. The van der Waals surface area contributed by atoms with Gasteiger partial charge in [0.2, 0.25) is 5.91 Å². The van der Waals surface area contributed by atoms with Gasteiger partial charge in [-0.15, -0.1) is 23.1 Å². The lowest BCUT2D eigenvalue weighted by Gasteiger charge is -2.09. The first kappa shape index (κ1) is 26.1. The summed E-state index contributed by atoms with van der Waals surface area (Å²) in [4.78, 5) is 30.1. The van der Waals surface area contributed by atoms with Gasteiger partial charge in [-0.2, -0.15) is 0 Å². The van der Waals surface area contributed by atoms with Crippen LogP contribution in [-0.2, 0) is 9.59 Å². The fraction of sp³-hybridized carbons (Fsp3) is 0.148. The summed E-state index contributed by atoms with van der Waals surface area (Å²) in [6.07, 6.45) is 0. The van der Waals surface area contributed by atoms with Crippen LogP contribution in [0.5, 0.6) is 17.2 Å². The fourth-order valence-electron chi connectivity index (χ4n) is 3.29. The van der Waals surface area contributed by atoms with Crippen LogP contribution >= 0.6 is 23.1 Å². The van der Waals surface area contributed by atoms with E-state index >= 15 is 0 Å². The maximum absolute atomic E-state index is 12.5. The number of carbonyl (C=O) groups excluding carboxylic acids is 2. The van der Waals surface area contributed by atoms with Crippen LogP contribution in [0.15, 0.2) is 83.1 Å². The van der Waals surface area contributed by atoms with E-state index in [0.717, 1.165) is 16.2 Å². The monoisotopic (exact) mass is 535 g/mol. The van der Waals surface area contributed by atoms with Crippen LogP contribution in [0.2, 0.25) is 0 Å². The molecule has 1 aromatic heterocycles. The van der Waals surface area contributed by atoms with E-state index in [2.05, 4.69) is 15.6 Å². The molecule has 0 spiro atoms. The summed E-state index contributed by atoms with van der Waals surface area (Å²) in [5.74, 6) is 1.62. The molecule has 0 unspecified atom stereocenters. The zero-order valence-corrected chi connectivity index (χ0v) is 21.9. The first-order chi connectivity index (χ1) is 18.0. The van der Waals surface area contributed by atoms with Crippen LogP contribution in [0.25, 0.3) is 11.3 Å². The third-order valence-electron chi connectivity index (χ3n) is 5.03. The van der Waals surface area contributed by atoms with E-state index in [-0.39, 0.29) is 24.2 Å². The summed E-state index contributed by atoms with van der Waals surface area (Å²) in [6.45, 7) is -0.0943. The Labute approximate surface area is 223 Å². The number of amides is 2. The summed E-state index contributed by atoms with van der Waals surface area (Å²) < 4.78 is 16.1. The molecule has 10 heteroatoms. The zero-order valence-electron chi connectivity index (χ0n) is 20.2. The maximum Gasteiger partial charge on any atom is 0.262 e. The number of thiazole rings is 1. The van der Waals surface area contributed by atoms with Gasteiger partial charge in [-0.25, -0.2) is 4.98 Å². The van der Waals surface area contributed by atoms with Crippen molar-refractivity contribution in [1.29, 1.82) is 0 Å². The van der Waals surface area contributed by atoms with Crippen LogP contribution in [0.1, 0.15) is 0 Å². The quantitative estimate of drug-likeness (QED) is 0.242. The average molecular weight is 536 g/mol. The largest absolute Gasteiger partial charge is 0.493 e. The number of aromatic nitrogens is 1. The highest BCUT2D eigenvalue weighted by molar-refractivity contribution is 8.00. The second-order valence-electron chi connectivity index (χ2n) is 7.62.